The summed E-state index contributed by atoms with van der Waals surface area (Å²) in [6.07, 6.45) is 1.26. The predicted molar refractivity (Wildman–Crippen MR) is 62.0 cm³/mol. The number of terminal acetylenes is 1. The predicted octanol–water partition coefficient (Wildman–Crippen LogP) is 2.83. The average Bonchev–Trinajstić information content (AvgIpc) is 2.34. The van der Waals surface area contributed by atoms with Crippen LogP contribution in [0, 0.1) is 12.3 Å². The fourth-order valence-corrected chi connectivity index (χ4v) is 1.35. The van der Waals surface area contributed by atoms with Crippen LogP contribution in [-0.4, -0.2) is 12.5 Å². The third kappa shape index (κ3) is 3.52. The number of hydrogen-bond acceptors (Lipinski definition) is 1. The van der Waals surface area contributed by atoms with E-state index >= 15 is 0 Å². The van der Waals surface area contributed by atoms with Gasteiger partial charge in [0.2, 0.25) is 0 Å². The summed E-state index contributed by atoms with van der Waals surface area (Å²) in [6.45, 7) is 2.25. The van der Waals surface area contributed by atoms with Crippen molar-refractivity contribution in [1.29, 1.82) is 0 Å². The molecule has 0 unspecified atom stereocenters. The van der Waals surface area contributed by atoms with Crippen LogP contribution in [0.2, 0.25) is 0 Å². The molecule has 0 aliphatic heterocycles. The number of carbonyl (C=O) groups excluding carboxylic acids is 1. The monoisotopic (exact) mass is 255 g/mol. The molecule has 0 saturated heterocycles. The molecule has 0 aromatic heterocycles. The van der Waals surface area contributed by atoms with E-state index in [2.05, 4.69) is 11.2 Å². The van der Waals surface area contributed by atoms with Gasteiger partial charge in [0, 0.05) is 17.7 Å². The second kappa shape index (κ2) is 5.58. The molecule has 1 N–H and O–H groups in total. The van der Waals surface area contributed by atoms with E-state index in [0.717, 1.165) is 12.1 Å². The lowest BCUT2D eigenvalue weighted by atomic mass is 10.0. The van der Waals surface area contributed by atoms with Gasteiger partial charge in [0.15, 0.2) is 0 Å². The molecule has 96 valence electrons. The maximum atomic E-state index is 12.6. The minimum absolute atomic E-state index is 0.0338. The third-order valence-corrected chi connectivity index (χ3v) is 2.22. The first-order valence-corrected chi connectivity index (χ1v) is 5.35. The van der Waals surface area contributed by atoms with Gasteiger partial charge in [0.25, 0.3) is 5.91 Å². The summed E-state index contributed by atoms with van der Waals surface area (Å²) in [5, 5.41) is 2.50. The van der Waals surface area contributed by atoms with Crippen LogP contribution < -0.4 is 5.32 Å². The maximum Gasteiger partial charge on any atom is 0.416 e. The number of rotatable bonds is 3. The molecule has 1 rings (SSSR count). The van der Waals surface area contributed by atoms with E-state index in [1.54, 1.807) is 0 Å². The molecule has 1 aromatic rings. The summed E-state index contributed by atoms with van der Waals surface area (Å²) in [5.74, 6) is 1.55. The summed E-state index contributed by atoms with van der Waals surface area (Å²) >= 11 is 0. The molecule has 0 saturated carbocycles. The van der Waals surface area contributed by atoms with Gasteiger partial charge in [-0.05, 0) is 24.6 Å². The van der Waals surface area contributed by atoms with E-state index in [-0.39, 0.29) is 11.1 Å². The molecular weight excluding hydrogens is 243 g/mol. The quantitative estimate of drug-likeness (QED) is 0.827. The SMILES string of the molecule is C#Cc1cc(C(=O)NCCC)cc(C(F)(F)F)c1. The molecule has 0 heterocycles. The summed E-state index contributed by atoms with van der Waals surface area (Å²) < 4.78 is 37.8. The van der Waals surface area contributed by atoms with Crippen molar-refractivity contribution in [1.82, 2.24) is 5.32 Å². The van der Waals surface area contributed by atoms with E-state index in [0.29, 0.717) is 13.0 Å². The fraction of sp³-hybridized carbons (Fsp3) is 0.308. The summed E-state index contributed by atoms with van der Waals surface area (Å²) in [5.41, 5.74) is -0.961. The average molecular weight is 255 g/mol. The summed E-state index contributed by atoms with van der Waals surface area (Å²) in [6, 6.07) is 2.91. The fourth-order valence-electron chi connectivity index (χ4n) is 1.35. The van der Waals surface area contributed by atoms with Crippen LogP contribution in [0.5, 0.6) is 0 Å². The molecule has 0 spiro atoms. The number of amides is 1. The molecule has 0 aliphatic carbocycles. The van der Waals surface area contributed by atoms with E-state index in [4.69, 9.17) is 6.42 Å². The largest absolute Gasteiger partial charge is 0.416 e. The highest BCUT2D eigenvalue weighted by Crippen LogP contribution is 2.30. The number of alkyl halides is 3. The Morgan fingerprint density at radius 2 is 2.06 bits per heavy atom. The smallest absolute Gasteiger partial charge is 0.352 e. The number of benzene rings is 1. The highest BCUT2D eigenvalue weighted by Gasteiger charge is 2.31. The lowest BCUT2D eigenvalue weighted by Crippen LogP contribution is -2.24. The van der Waals surface area contributed by atoms with Gasteiger partial charge in [0.05, 0.1) is 5.56 Å². The molecule has 1 amide bonds. The molecule has 0 bridgehead atoms. The standard InChI is InChI=1S/C13H12F3NO/c1-3-5-17-12(18)10-6-9(4-2)7-11(8-10)13(14,15)16/h2,6-8H,3,5H2,1H3,(H,17,18). The Bertz CT molecular complexity index is 486. The van der Waals surface area contributed by atoms with Crippen LogP contribution in [0.1, 0.15) is 34.8 Å². The van der Waals surface area contributed by atoms with E-state index in [9.17, 15) is 18.0 Å². The molecular formula is C13H12F3NO. The Labute approximate surface area is 103 Å². The normalized spacial score (nSPS) is 10.8. The zero-order valence-electron chi connectivity index (χ0n) is 9.77. The molecule has 0 aliphatic rings. The van der Waals surface area contributed by atoms with Gasteiger partial charge >= 0.3 is 6.18 Å². The first-order chi connectivity index (χ1) is 8.38. The van der Waals surface area contributed by atoms with Gasteiger partial charge < -0.3 is 5.32 Å². The zero-order chi connectivity index (χ0) is 13.8. The van der Waals surface area contributed by atoms with Crippen molar-refractivity contribution in [3.8, 4) is 12.3 Å². The van der Waals surface area contributed by atoms with Gasteiger partial charge in [-0.25, -0.2) is 0 Å². The minimum atomic E-state index is -4.52. The molecule has 0 atom stereocenters. The number of carbonyl (C=O) groups is 1. The molecule has 18 heavy (non-hydrogen) atoms. The van der Waals surface area contributed by atoms with Crippen molar-refractivity contribution in [2.75, 3.05) is 6.54 Å². The zero-order valence-corrected chi connectivity index (χ0v) is 9.77. The molecule has 5 heteroatoms. The van der Waals surface area contributed by atoms with Gasteiger partial charge in [-0.15, -0.1) is 6.42 Å². The Kier molecular flexibility index (Phi) is 4.38. The molecule has 0 radical (unpaired) electrons. The van der Waals surface area contributed by atoms with Crippen LogP contribution in [0.25, 0.3) is 0 Å². The topological polar surface area (TPSA) is 29.1 Å². The Morgan fingerprint density at radius 3 is 2.56 bits per heavy atom. The number of hydrogen-bond donors (Lipinski definition) is 1. The van der Waals surface area contributed by atoms with Crippen molar-refractivity contribution >= 4 is 5.91 Å². The highest BCUT2D eigenvalue weighted by molar-refractivity contribution is 5.94. The Balaban J connectivity index is 3.13. The van der Waals surface area contributed by atoms with E-state index in [1.165, 1.54) is 6.07 Å². The van der Waals surface area contributed by atoms with Crippen LogP contribution >= 0.6 is 0 Å². The molecule has 0 fully saturated rings. The van der Waals surface area contributed by atoms with Crippen LogP contribution in [0.4, 0.5) is 13.2 Å². The Morgan fingerprint density at radius 1 is 1.39 bits per heavy atom. The summed E-state index contributed by atoms with van der Waals surface area (Å²) in [4.78, 5) is 11.6. The van der Waals surface area contributed by atoms with Gasteiger partial charge in [0.1, 0.15) is 0 Å². The molecule has 2 nitrogen and oxygen atoms in total. The van der Waals surface area contributed by atoms with Crippen molar-refractivity contribution in [3.63, 3.8) is 0 Å². The van der Waals surface area contributed by atoms with Crippen LogP contribution in [-0.2, 0) is 6.18 Å². The second-order valence-corrected chi connectivity index (χ2v) is 3.70. The van der Waals surface area contributed by atoms with Crippen molar-refractivity contribution < 1.29 is 18.0 Å². The number of nitrogens with one attached hydrogen (secondary N) is 1. The van der Waals surface area contributed by atoms with Crippen molar-refractivity contribution in [2.45, 2.75) is 19.5 Å². The minimum Gasteiger partial charge on any atom is -0.352 e. The van der Waals surface area contributed by atoms with Gasteiger partial charge in [-0.2, -0.15) is 13.2 Å². The third-order valence-electron chi connectivity index (χ3n) is 2.22. The van der Waals surface area contributed by atoms with Gasteiger partial charge in [-0.1, -0.05) is 12.8 Å². The maximum absolute atomic E-state index is 12.6. The number of halogens is 3. The highest BCUT2D eigenvalue weighted by atomic mass is 19.4. The van der Waals surface area contributed by atoms with Crippen molar-refractivity contribution in [3.05, 3.63) is 34.9 Å². The first-order valence-electron chi connectivity index (χ1n) is 5.35. The van der Waals surface area contributed by atoms with Crippen LogP contribution in [0.15, 0.2) is 18.2 Å². The Hall–Kier alpha value is -1.96. The van der Waals surface area contributed by atoms with Gasteiger partial charge in [-0.3, -0.25) is 4.79 Å². The van der Waals surface area contributed by atoms with Crippen molar-refractivity contribution in [2.24, 2.45) is 0 Å². The summed E-state index contributed by atoms with van der Waals surface area (Å²) in [7, 11) is 0. The van der Waals surface area contributed by atoms with E-state index < -0.39 is 17.6 Å². The lowest BCUT2D eigenvalue weighted by molar-refractivity contribution is -0.137. The van der Waals surface area contributed by atoms with E-state index in [1.807, 2.05) is 6.92 Å². The lowest BCUT2D eigenvalue weighted by Gasteiger charge is -2.10. The molecule has 1 aromatic carbocycles. The second-order valence-electron chi connectivity index (χ2n) is 3.70. The first kappa shape index (κ1) is 14.1. The van der Waals surface area contributed by atoms with Crippen LogP contribution in [0.3, 0.4) is 0 Å².